The van der Waals surface area contributed by atoms with Crippen LogP contribution in [0.1, 0.15) is 53.2 Å². The Morgan fingerprint density at radius 1 is 1.14 bits per heavy atom. The molecular formula is C28H29N3O5. The molecule has 5 atom stereocenters. The van der Waals surface area contributed by atoms with E-state index in [9.17, 15) is 14.7 Å². The van der Waals surface area contributed by atoms with E-state index in [-0.39, 0.29) is 49.0 Å². The van der Waals surface area contributed by atoms with Gasteiger partial charge in [-0.3, -0.25) is 14.6 Å². The highest BCUT2D eigenvalue weighted by Gasteiger charge is 2.46. The smallest absolute Gasteiger partial charge is 0.257 e. The highest BCUT2D eigenvalue weighted by atomic mass is 16.6. The Bertz CT molecular complexity index is 1220. The molecule has 8 heteroatoms. The molecule has 3 N–H and O–H groups in total. The third-order valence-corrected chi connectivity index (χ3v) is 6.77. The molecule has 186 valence electrons. The summed E-state index contributed by atoms with van der Waals surface area (Å²) in [5, 5.41) is 15.9. The topological polar surface area (TPSA) is 110 Å². The highest BCUT2D eigenvalue weighted by molar-refractivity contribution is 6.04. The molecule has 0 aliphatic carbocycles. The van der Waals surface area contributed by atoms with Crippen LogP contribution >= 0.6 is 0 Å². The standard InChI is InChI=1S/C28H29N3O5/c1-17(18-6-3-2-4-7-18)30-26(33)14-21-13-23-22-12-20(31-28(34)19-8-5-11-29-15-19)9-10-24(22)36-27(23)25(16-32)35-21/h2-12,15,17,21,23,25,27,32H,13-14,16H2,1H3,(H,30,33)(H,31,34)/t17-,21+,23-,25-,27+/m1/s1. The lowest BCUT2D eigenvalue weighted by molar-refractivity contribution is -0.142. The van der Waals surface area contributed by atoms with E-state index in [1.54, 1.807) is 24.4 Å². The average Bonchev–Trinajstić information content (AvgIpc) is 3.27. The monoisotopic (exact) mass is 487 g/mol. The second-order valence-corrected chi connectivity index (χ2v) is 9.26. The number of ether oxygens (including phenoxy) is 2. The van der Waals surface area contributed by atoms with Gasteiger partial charge in [-0.05, 0) is 49.2 Å². The Morgan fingerprint density at radius 3 is 2.72 bits per heavy atom. The van der Waals surface area contributed by atoms with E-state index in [0.29, 0.717) is 23.4 Å². The SMILES string of the molecule is C[C@@H](NC(=O)C[C@@H]1C[C@@H]2c3cc(NC(=O)c4cccnc4)ccc3O[C@@H]2[C@@H](CO)O1)c1ccccc1. The van der Waals surface area contributed by atoms with Gasteiger partial charge in [0.25, 0.3) is 5.91 Å². The first-order valence-electron chi connectivity index (χ1n) is 12.1. The van der Waals surface area contributed by atoms with Crippen molar-refractivity contribution >= 4 is 17.5 Å². The van der Waals surface area contributed by atoms with Crippen LogP contribution < -0.4 is 15.4 Å². The summed E-state index contributed by atoms with van der Waals surface area (Å²) in [4.78, 5) is 29.4. The van der Waals surface area contributed by atoms with Gasteiger partial charge in [-0.15, -0.1) is 0 Å². The summed E-state index contributed by atoms with van der Waals surface area (Å²) in [6, 6.07) is 18.6. The fraction of sp³-hybridized carbons (Fsp3) is 0.321. The largest absolute Gasteiger partial charge is 0.487 e. The number of rotatable bonds is 7. The summed E-state index contributed by atoms with van der Waals surface area (Å²) in [5.74, 6) is 0.281. The lowest BCUT2D eigenvalue weighted by Gasteiger charge is -2.37. The number of amides is 2. The molecule has 3 aromatic rings. The van der Waals surface area contributed by atoms with E-state index in [1.807, 2.05) is 49.4 Å². The van der Waals surface area contributed by atoms with Crippen molar-refractivity contribution in [3.8, 4) is 5.75 Å². The first-order chi connectivity index (χ1) is 17.5. The summed E-state index contributed by atoms with van der Waals surface area (Å²) >= 11 is 0. The van der Waals surface area contributed by atoms with Crippen molar-refractivity contribution < 1.29 is 24.2 Å². The number of hydrogen-bond donors (Lipinski definition) is 3. The molecule has 8 nitrogen and oxygen atoms in total. The molecule has 2 aliphatic rings. The maximum atomic E-state index is 12.8. The van der Waals surface area contributed by atoms with Crippen LogP contribution in [0.4, 0.5) is 5.69 Å². The molecule has 5 rings (SSSR count). The number of nitrogens with zero attached hydrogens (tertiary/aromatic N) is 1. The molecule has 2 amide bonds. The number of benzene rings is 2. The number of pyridine rings is 1. The first kappa shape index (κ1) is 24.0. The number of carbonyl (C=O) groups is 2. The maximum absolute atomic E-state index is 12.8. The Balaban J connectivity index is 1.28. The molecule has 2 aliphatic heterocycles. The van der Waals surface area contributed by atoms with E-state index < -0.39 is 6.10 Å². The van der Waals surface area contributed by atoms with Gasteiger partial charge in [-0.2, -0.15) is 0 Å². The fourth-order valence-corrected chi connectivity index (χ4v) is 5.00. The molecule has 0 saturated carbocycles. The van der Waals surface area contributed by atoms with Gasteiger partial charge in [0.2, 0.25) is 5.91 Å². The first-order valence-corrected chi connectivity index (χ1v) is 12.1. The number of anilines is 1. The molecule has 1 aromatic heterocycles. The van der Waals surface area contributed by atoms with Crippen molar-refractivity contribution in [2.75, 3.05) is 11.9 Å². The van der Waals surface area contributed by atoms with Crippen LogP contribution in [0.15, 0.2) is 73.1 Å². The van der Waals surface area contributed by atoms with E-state index in [4.69, 9.17) is 9.47 Å². The van der Waals surface area contributed by atoms with E-state index in [0.717, 1.165) is 11.1 Å². The minimum atomic E-state index is -0.547. The average molecular weight is 488 g/mol. The number of nitrogens with one attached hydrogen (secondary N) is 2. The van der Waals surface area contributed by atoms with Crippen LogP contribution in [0.25, 0.3) is 0 Å². The highest BCUT2D eigenvalue weighted by Crippen LogP contribution is 2.47. The molecule has 1 saturated heterocycles. The van der Waals surface area contributed by atoms with Crippen molar-refractivity contribution in [3.63, 3.8) is 0 Å². The van der Waals surface area contributed by atoms with Gasteiger partial charge in [0.05, 0.1) is 30.7 Å². The summed E-state index contributed by atoms with van der Waals surface area (Å²) < 4.78 is 12.2. The van der Waals surface area contributed by atoms with Crippen molar-refractivity contribution in [2.24, 2.45) is 0 Å². The predicted molar refractivity (Wildman–Crippen MR) is 134 cm³/mol. The Kier molecular flexibility index (Phi) is 6.97. The van der Waals surface area contributed by atoms with Crippen LogP contribution in [0, 0.1) is 0 Å². The van der Waals surface area contributed by atoms with Crippen molar-refractivity contribution in [2.45, 2.75) is 50.0 Å². The number of hydrogen-bond acceptors (Lipinski definition) is 6. The van der Waals surface area contributed by atoms with Crippen LogP contribution in [-0.2, 0) is 9.53 Å². The van der Waals surface area contributed by atoms with Gasteiger partial charge in [-0.25, -0.2) is 0 Å². The van der Waals surface area contributed by atoms with Gasteiger partial charge in [-0.1, -0.05) is 30.3 Å². The Hall–Kier alpha value is -3.75. The molecule has 0 bridgehead atoms. The van der Waals surface area contributed by atoms with Gasteiger partial charge >= 0.3 is 0 Å². The predicted octanol–water partition coefficient (Wildman–Crippen LogP) is 3.60. The zero-order chi connectivity index (χ0) is 25.1. The molecule has 36 heavy (non-hydrogen) atoms. The third kappa shape index (κ3) is 5.10. The summed E-state index contributed by atoms with van der Waals surface area (Å²) in [6.45, 7) is 1.74. The van der Waals surface area contributed by atoms with Gasteiger partial charge < -0.3 is 25.2 Å². The zero-order valence-electron chi connectivity index (χ0n) is 20.0. The molecule has 1 fully saturated rings. The van der Waals surface area contributed by atoms with Crippen LogP contribution in [-0.4, -0.2) is 46.8 Å². The van der Waals surface area contributed by atoms with E-state index >= 15 is 0 Å². The second kappa shape index (κ2) is 10.5. The molecule has 0 unspecified atom stereocenters. The van der Waals surface area contributed by atoms with Crippen molar-refractivity contribution in [1.29, 1.82) is 0 Å². The Labute approximate surface area is 209 Å². The number of aromatic nitrogens is 1. The summed E-state index contributed by atoms with van der Waals surface area (Å²) in [6.07, 6.45) is 2.62. The number of fused-ring (bicyclic) bond motifs is 3. The van der Waals surface area contributed by atoms with E-state index in [1.165, 1.54) is 6.20 Å². The molecule has 2 aromatic carbocycles. The molecule has 0 radical (unpaired) electrons. The normalized spacial score (nSPS) is 23.1. The minimum absolute atomic E-state index is 0.0644. The van der Waals surface area contributed by atoms with Crippen molar-refractivity contribution in [3.05, 3.63) is 89.7 Å². The summed E-state index contributed by atoms with van der Waals surface area (Å²) in [5.41, 5.74) is 3.08. The lowest BCUT2D eigenvalue weighted by Crippen LogP contribution is -2.47. The van der Waals surface area contributed by atoms with Crippen LogP contribution in [0.2, 0.25) is 0 Å². The summed E-state index contributed by atoms with van der Waals surface area (Å²) in [7, 11) is 0. The molecule has 3 heterocycles. The number of carbonyl (C=O) groups excluding carboxylic acids is 2. The van der Waals surface area contributed by atoms with E-state index in [2.05, 4.69) is 15.6 Å². The zero-order valence-corrected chi connectivity index (χ0v) is 20.0. The molecule has 0 spiro atoms. The Morgan fingerprint density at radius 2 is 1.97 bits per heavy atom. The number of aliphatic hydroxyl groups is 1. The number of aliphatic hydroxyl groups excluding tert-OH is 1. The fourth-order valence-electron chi connectivity index (χ4n) is 5.00. The second-order valence-electron chi connectivity index (χ2n) is 9.26. The van der Waals surface area contributed by atoms with Gasteiger partial charge in [0.1, 0.15) is 18.0 Å². The molecular weight excluding hydrogens is 458 g/mol. The third-order valence-electron chi connectivity index (χ3n) is 6.77. The van der Waals surface area contributed by atoms with Crippen LogP contribution in [0.3, 0.4) is 0 Å². The lowest BCUT2D eigenvalue weighted by atomic mass is 9.84. The maximum Gasteiger partial charge on any atom is 0.257 e. The van der Waals surface area contributed by atoms with Gasteiger partial charge in [0.15, 0.2) is 0 Å². The quantitative estimate of drug-likeness (QED) is 0.470. The van der Waals surface area contributed by atoms with Crippen molar-refractivity contribution in [1.82, 2.24) is 10.3 Å². The van der Waals surface area contributed by atoms with Gasteiger partial charge in [0, 0.05) is 29.6 Å². The minimum Gasteiger partial charge on any atom is -0.487 e. The van der Waals surface area contributed by atoms with Crippen LogP contribution in [0.5, 0.6) is 5.75 Å².